The van der Waals surface area contributed by atoms with Crippen molar-refractivity contribution in [3.8, 4) is 17.6 Å². The number of halogens is 1. The first-order valence-corrected chi connectivity index (χ1v) is 12.8. The van der Waals surface area contributed by atoms with Gasteiger partial charge in [-0.1, -0.05) is 30.0 Å². The number of amides is 1. The molecule has 1 amide bonds. The van der Waals surface area contributed by atoms with Gasteiger partial charge in [0.15, 0.2) is 0 Å². The second-order valence-corrected chi connectivity index (χ2v) is 9.57. The second kappa shape index (κ2) is 13.2. The number of aromatic hydroxyl groups is 1. The van der Waals surface area contributed by atoms with Crippen LogP contribution in [0.2, 0.25) is 0 Å². The first kappa shape index (κ1) is 28.0. The van der Waals surface area contributed by atoms with Crippen LogP contribution >= 0.6 is 0 Å². The number of benzene rings is 2. The van der Waals surface area contributed by atoms with Crippen LogP contribution < -0.4 is 10.9 Å². The minimum absolute atomic E-state index is 0.00116. The van der Waals surface area contributed by atoms with Gasteiger partial charge < -0.3 is 25.6 Å². The van der Waals surface area contributed by atoms with Crippen LogP contribution in [-0.2, 0) is 17.8 Å². The van der Waals surface area contributed by atoms with Crippen molar-refractivity contribution in [2.24, 2.45) is 0 Å². The molecule has 0 radical (unpaired) electrons. The van der Waals surface area contributed by atoms with E-state index in [1.807, 2.05) is 24.3 Å². The molecule has 9 nitrogen and oxygen atoms in total. The van der Waals surface area contributed by atoms with Gasteiger partial charge in [0.2, 0.25) is 11.7 Å². The van der Waals surface area contributed by atoms with Crippen LogP contribution in [0.3, 0.4) is 0 Å². The van der Waals surface area contributed by atoms with E-state index in [-0.39, 0.29) is 36.2 Å². The molecule has 10 heteroatoms. The van der Waals surface area contributed by atoms with E-state index in [1.165, 1.54) is 6.07 Å². The molecule has 2 aromatic carbocycles. The Hall–Kier alpha value is -4.04. The first-order valence-electron chi connectivity index (χ1n) is 12.8. The van der Waals surface area contributed by atoms with Crippen LogP contribution in [-0.4, -0.2) is 68.4 Å². The number of piperidine rings is 1. The molecule has 3 aromatic rings. The minimum atomic E-state index is -0.693. The highest BCUT2D eigenvalue weighted by Crippen LogP contribution is 2.25. The molecule has 1 atom stereocenters. The fraction of sp³-hybridized carbons (Fsp3) is 0.345. The molecular formula is C29H31FN4O5. The molecule has 1 fully saturated rings. The Labute approximate surface area is 225 Å². The summed E-state index contributed by atoms with van der Waals surface area (Å²) >= 11 is 0. The molecule has 0 spiro atoms. The number of aromatic amines is 1. The zero-order chi connectivity index (χ0) is 27.8. The van der Waals surface area contributed by atoms with Crippen molar-refractivity contribution >= 4 is 5.91 Å². The summed E-state index contributed by atoms with van der Waals surface area (Å²) in [6, 6.07) is 12.5. The van der Waals surface area contributed by atoms with E-state index in [1.54, 1.807) is 12.1 Å². The fourth-order valence-corrected chi connectivity index (χ4v) is 4.63. The van der Waals surface area contributed by atoms with Gasteiger partial charge in [-0.2, -0.15) is 0 Å². The molecular weight excluding hydrogens is 503 g/mol. The molecule has 0 unspecified atom stereocenters. The zero-order valence-electron chi connectivity index (χ0n) is 21.4. The van der Waals surface area contributed by atoms with Crippen LogP contribution in [0, 0.1) is 17.7 Å². The molecule has 2 heterocycles. The molecule has 4 rings (SSSR count). The standard InChI is InChI=1S/C29H31FN4O5/c30-25-13-20(7-8-24(25)22(16-35)14-26-28(38)29(39)32-18-31-26)4-1-19-2-5-21(6-3-19)15-34-11-9-23(10-12-34)33-27(37)17-36/h2-3,5-8,13,18,22-23,35-36,38H,9-12,14-17H2,(H,33,37)(H,31,32,39)/t22-/m1/s1. The van der Waals surface area contributed by atoms with E-state index in [4.69, 9.17) is 5.11 Å². The van der Waals surface area contributed by atoms with E-state index >= 15 is 0 Å². The largest absolute Gasteiger partial charge is 0.502 e. The first-order chi connectivity index (χ1) is 18.9. The van der Waals surface area contributed by atoms with Crippen molar-refractivity contribution in [2.45, 2.75) is 37.8 Å². The highest BCUT2D eigenvalue weighted by atomic mass is 19.1. The van der Waals surface area contributed by atoms with Crippen molar-refractivity contribution in [3.63, 3.8) is 0 Å². The highest BCUT2D eigenvalue weighted by Gasteiger charge is 2.21. The third-order valence-electron chi connectivity index (χ3n) is 6.81. The maximum Gasteiger partial charge on any atom is 0.293 e. The van der Waals surface area contributed by atoms with E-state index in [9.17, 15) is 24.2 Å². The predicted octanol–water partition coefficient (Wildman–Crippen LogP) is 1.41. The number of aromatic nitrogens is 2. The van der Waals surface area contributed by atoms with Crippen molar-refractivity contribution in [1.82, 2.24) is 20.2 Å². The number of H-pyrrole nitrogens is 1. The number of carbonyl (C=O) groups excluding carboxylic acids is 1. The van der Waals surface area contributed by atoms with Crippen LogP contribution in [0.1, 0.15) is 46.7 Å². The van der Waals surface area contributed by atoms with Crippen molar-refractivity contribution in [3.05, 3.63) is 92.9 Å². The molecule has 1 aliphatic heterocycles. The normalized spacial score (nSPS) is 14.8. The molecule has 1 aromatic heterocycles. The topological polar surface area (TPSA) is 139 Å². The van der Waals surface area contributed by atoms with Gasteiger partial charge in [-0.3, -0.25) is 14.5 Å². The summed E-state index contributed by atoms with van der Waals surface area (Å²) < 4.78 is 14.9. The summed E-state index contributed by atoms with van der Waals surface area (Å²) in [5.74, 6) is 3.90. The van der Waals surface area contributed by atoms with Gasteiger partial charge in [0.1, 0.15) is 12.4 Å². The molecule has 0 bridgehead atoms. The number of nitrogens with one attached hydrogen (secondary N) is 2. The summed E-state index contributed by atoms with van der Waals surface area (Å²) in [5.41, 5.74) is 2.05. The monoisotopic (exact) mass is 534 g/mol. The predicted molar refractivity (Wildman–Crippen MR) is 142 cm³/mol. The minimum Gasteiger partial charge on any atom is -0.502 e. The molecule has 1 saturated heterocycles. The Kier molecular flexibility index (Phi) is 9.44. The molecule has 1 aliphatic rings. The number of rotatable bonds is 8. The fourth-order valence-electron chi connectivity index (χ4n) is 4.63. The van der Waals surface area contributed by atoms with Gasteiger partial charge >= 0.3 is 0 Å². The summed E-state index contributed by atoms with van der Waals surface area (Å²) in [6.45, 7) is 1.64. The summed E-state index contributed by atoms with van der Waals surface area (Å²) in [6.07, 6.45) is 2.84. The lowest BCUT2D eigenvalue weighted by molar-refractivity contribution is -0.124. The molecule has 39 heavy (non-hydrogen) atoms. The Morgan fingerprint density at radius 2 is 1.82 bits per heavy atom. The Bertz CT molecular complexity index is 1410. The van der Waals surface area contributed by atoms with Gasteiger partial charge in [-0.15, -0.1) is 0 Å². The van der Waals surface area contributed by atoms with E-state index < -0.39 is 29.7 Å². The third kappa shape index (κ3) is 7.51. The lowest BCUT2D eigenvalue weighted by Crippen LogP contribution is -2.45. The smallest absolute Gasteiger partial charge is 0.293 e. The van der Waals surface area contributed by atoms with Crippen LogP contribution in [0.5, 0.6) is 5.75 Å². The number of aliphatic hydroxyl groups is 2. The van der Waals surface area contributed by atoms with Crippen molar-refractivity contribution < 1.29 is 24.5 Å². The maximum atomic E-state index is 14.9. The van der Waals surface area contributed by atoms with Gasteiger partial charge in [-0.05, 0) is 48.2 Å². The summed E-state index contributed by atoms with van der Waals surface area (Å²) in [5, 5.41) is 31.4. The molecule has 0 saturated carbocycles. The van der Waals surface area contributed by atoms with E-state index in [0.717, 1.165) is 49.9 Å². The van der Waals surface area contributed by atoms with Gasteiger partial charge in [0, 0.05) is 49.1 Å². The Balaban J connectivity index is 1.35. The number of nitrogens with zero attached hydrogens (tertiary/aromatic N) is 2. The maximum absolute atomic E-state index is 14.9. The van der Waals surface area contributed by atoms with Gasteiger partial charge in [0.25, 0.3) is 5.56 Å². The van der Waals surface area contributed by atoms with Crippen molar-refractivity contribution in [2.75, 3.05) is 26.3 Å². The molecule has 5 N–H and O–H groups in total. The zero-order valence-corrected chi connectivity index (χ0v) is 21.4. The lowest BCUT2D eigenvalue weighted by atomic mass is 9.93. The highest BCUT2D eigenvalue weighted by molar-refractivity contribution is 5.77. The SMILES string of the molecule is O=C(CO)NC1CCN(Cc2ccc(C#Cc3ccc([C@@H](CO)Cc4nc[nH]c(=O)c4O)c(F)c3)cc2)CC1. The van der Waals surface area contributed by atoms with E-state index in [0.29, 0.717) is 5.56 Å². The number of carbonyl (C=O) groups is 1. The number of likely N-dealkylation sites (tertiary alicyclic amines) is 1. The lowest BCUT2D eigenvalue weighted by Gasteiger charge is -2.32. The van der Waals surface area contributed by atoms with Gasteiger partial charge in [0.05, 0.1) is 18.6 Å². The molecule has 204 valence electrons. The average molecular weight is 535 g/mol. The Morgan fingerprint density at radius 3 is 2.49 bits per heavy atom. The summed E-state index contributed by atoms with van der Waals surface area (Å²) in [7, 11) is 0. The number of hydrogen-bond acceptors (Lipinski definition) is 7. The van der Waals surface area contributed by atoms with Gasteiger partial charge in [-0.25, -0.2) is 9.37 Å². The third-order valence-corrected chi connectivity index (χ3v) is 6.81. The Morgan fingerprint density at radius 1 is 1.13 bits per heavy atom. The second-order valence-electron chi connectivity index (χ2n) is 9.57. The number of aliphatic hydroxyl groups excluding tert-OH is 2. The van der Waals surface area contributed by atoms with Crippen LogP contribution in [0.25, 0.3) is 0 Å². The summed E-state index contributed by atoms with van der Waals surface area (Å²) in [4.78, 5) is 31.4. The van der Waals surface area contributed by atoms with Crippen LogP contribution in [0.15, 0.2) is 53.6 Å². The quantitative estimate of drug-likeness (QED) is 0.276. The average Bonchev–Trinajstić information content (AvgIpc) is 2.95. The van der Waals surface area contributed by atoms with Crippen LogP contribution in [0.4, 0.5) is 4.39 Å². The van der Waals surface area contributed by atoms with E-state index in [2.05, 4.69) is 32.0 Å². The molecule has 0 aliphatic carbocycles. The number of hydrogen-bond donors (Lipinski definition) is 5. The van der Waals surface area contributed by atoms with Crippen molar-refractivity contribution in [1.29, 1.82) is 0 Å².